The summed E-state index contributed by atoms with van der Waals surface area (Å²) in [5.74, 6) is 0. The third kappa shape index (κ3) is 3.63. The first-order valence-corrected chi connectivity index (χ1v) is 5.32. The minimum absolute atomic E-state index is 0.522. The van der Waals surface area contributed by atoms with Gasteiger partial charge in [0, 0.05) is 13.1 Å². The zero-order valence-electron chi connectivity index (χ0n) is 8.45. The lowest BCUT2D eigenvalue weighted by Crippen LogP contribution is -2.23. The van der Waals surface area contributed by atoms with E-state index >= 15 is 0 Å². The largest absolute Gasteiger partial charge is 0.389 e. The molecule has 0 aromatic carbocycles. The van der Waals surface area contributed by atoms with Gasteiger partial charge in [0.2, 0.25) is 0 Å². The third-order valence-corrected chi connectivity index (χ3v) is 2.66. The number of rotatable bonds is 5. The van der Waals surface area contributed by atoms with E-state index in [1.165, 1.54) is 25.7 Å². The highest BCUT2D eigenvalue weighted by Gasteiger charge is 2.28. The van der Waals surface area contributed by atoms with Crippen molar-refractivity contribution in [3.63, 3.8) is 0 Å². The maximum atomic E-state index is 9.28. The average Bonchev–Trinajstić information content (AvgIpc) is 2.41. The summed E-state index contributed by atoms with van der Waals surface area (Å²) < 4.78 is 0. The van der Waals surface area contributed by atoms with Crippen molar-refractivity contribution in [3.8, 4) is 0 Å². The van der Waals surface area contributed by atoms with Gasteiger partial charge in [-0.15, -0.1) is 0 Å². The molecule has 0 amide bonds. The van der Waals surface area contributed by atoms with E-state index in [-0.39, 0.29) is 0 Å². The molecule has 1 fully saturated rings. The van der Waals surface area contributed by atoms with Crippen LogP contribution in [0.25, 0.3) is 0 Å². The number of aliphatic hydroxyl groups is 2. The zero-order valence-corrected chi connectivity index (χ0v) is 8.45. The molecule has 0 radical (unpaired) electrons. The van der Waals surface area contributed by atoms with Crippen LogP contribution in [0.4, 0.5) is 0 Å². The Hall–Kier alpha value is -0.120. The van der Waals surface area contributed by atoms with Crippen molar-refractivity contribution in [1.29, 1.82) is 0 Å². The highest BCUT2D eigenvalue weighted by Crippen LogP contribution is 2.11. The van der Waals surface area contributed by atoms with Gasteiger partial charge in [0.1, 0.15) is 0 Å². The summed E-state index contributed by atoms with van der Waals surface area (Å²) >= 11 is 0. The fourth-order valence-electron chi connectivity index (χ4n) is 1.79. The maximum absolute atomic E-state index is 9.28. The van der Waals surface area contributed by atoms with Crippen molar-refractivity contribution < 1.29 is 10.2 Å². The second-order valence-electron chi connectivity index (χ2n) is 3.95. The van der Waals surface area contributed by atoms with Crippen LogP contribution in [0.5, 0.6) is 0 Å². The number of hydrogen-bond donors (Lipinski definition) is 2. The van der Waals surface area contributed by atoms with Crippen LogP contribution in [-0.4, -0.2) is 47.0 Å². The van der Waals surface area contributed by atoms with E-state index in [4.69, 9.17) is 0 Å². The molecule has 0 aliphatic carbocycles. The van der Waals surface area contributed by atoms with Crippen LogP contribution in [0.15, 0.2) is 0 Å². The van der Waals surface area contributed by atoms with Crippen LogP contribution in [0.2, 0.25) is 0 Å². The lowest BCUT2D eigenvalue weighted by atomic mass is 10.2. The molecule has 1 aliphatic rings. The topological polar surface area (TPSA) is 43.7 Å². The quantitative estimate of drug-likeness (QED) is 0.620. The van der Waals surface area contributed by atoms with Gasteiger partial charge in [0.25, 0.3) is 0 Å². The summed E-state index contributed by atoms with van der Waals surface area (Å²) in [7, 11) is 0. The Morgan fingerprint density at radius 1 is 1.08 bits per heavy atom. The minimum atomic E-state index is -0.522. The number of likely N-dealkylation sites (tertiary alicyclic amines) is 1. The lowest BCUT2D eigenvalue weighted by molar-refractivity contribution is 0.0572. The fourth-order valence-corrected chi connectivity index (χ4v) is 1.79. The Morgan fingerprint density at radius 2 is 1.69 bits per heavy atom. The van der Waals surface area contributed by atoms with Crippen molar-refractivity contribution >= 4 is 0 Å². The van der Waals surface area contributed by atoms with Gasteiger partial charge in [0.15, 0.2) is 0 Å². The van der Waals surface area contributed by atoms with Crippen LogP contribution >= 0.6 is 0 Å². The average molecular weight is 187 g/mol. The van der Waals surface area contributed by atoms with Crippen LogP contribution in [-0.2, 0) is 0 Å². The number of hydrogen-bond acceptors (Lipinski definition) is 3. The Bertz CT molecular complexity index is 131. The standard InChI is InChI=1S/C10H21NO2/c1-2-3-4-5-6-11-7-9(12)10(13)8-11/h9-10,12-13H,2-8H2,1H3. The van der Waals surface area contributed by atoms with Crippen molar-refractivity contribution in [2.24, 2.45) is 0 Å². The smallest absolute Gasteiger partial charge is 0.0938 e. The normalized spacial score (nSPS) is 29.8. The van der Waals surface area contributed by atoms with Gasteiger partial charge in [-0.3, -0.25) is 4.90 Å². The molecule has 0 spiro atoms. The molecule has 1 saturated heterocycles. The van der Waals surface area contributed by atoms with Crippen LogP contribution in [0.1, 0.15) is 32.6 Å². The molecule has 0 saturated carbocycles. The van der Waals surface area contributed by atoms with Gasteiger partial charge in [-0.05, 0) is 13.0 Å². The van der Waals surface area contributed by atoms with Gasteiger partial charge >= 0.3 is 0 Å². The summed E-state index contributed by atoms with van der Waals surface area (Å²) in [5.41, 5.74) is 0. The van der Waals surface area contributed by atoms with Gasteiger partial charge in [-0.2, -0.15) is 0 Å². The summed E-state index contributed by atoms with van der Waals surface area (Å²) in [6.45, 7) is 4.51. The lowest BCUT2D eigenvalue weighted by Gasteiger charge is -2.13. The predicted molar refractivity (Wildman–Crippen MR) is 52.6 cm³/mol. The molecule has 1 rings (SSSR count). The maximum Gasteiger partial charge on any atom is 0.0938 e. The first kappa shape index (κ1) is 11.0. The van der Waals surface area contributed by atoms with E-state index in [1.54, 1.807) is 0 Å². The SMILES string of the molecule is CCCCCCN1CC(O)C(O)C1. The van der Waals surface area contributed by atoms with E-state index in [1.807, 2.05) is 0 Å². The third-order valence-electron chi connectivity index (χ3n) is 2.66. The van der Waals surface area contributed by atoms with Crippen LogP contribution in [0.3, 0.4) is 0 Å². The summed E-state index contributed by atoms with van der Waals surface area (Å²) in [4.78, 5) is 2.14. The molecule has 0 aromatic rings. The first-order chi connectivity index (χ1) is 6.24. The molecule has 1 heterocycles. The molecular formula is C10H21NO2. The molecule has 2 atom stereocenters. The molecular weight excluding hydrogens is 166 g/mol. The fraction of sp³-hybridized carbons (Fsp3) is 1.00. The van der Waals surface area contributed by atoms with Gasteiger partial charge in [0.05, 0.1) is 12.2 Å². The Kier molecular flexibility index (Phi) is 4.70. The van der Waals surface area contributed by atoms with Gasteiger partial charge in [-0.1, -0.05) is 26.2 Å². The number of aliphatic hydroxyl groups excluding tert-OH is 2. The van der Waals surface area contributed by atoms with Crippen molar-refractivity contribution in [1.82, 2.24) is 4.90 Å². The Balaban J connectivity index is 2.03. The second kappa shape index (κ2) is 5.58. The van der Waals surface area contributed by atoms with E-state index in [0.29, 0.717) is 13.1 Å². The summed E-state index contributed by atoms with van der Waals surface area (Å²) in [6.07, 6.45) is 3.95. The monoisotopic (exact) mass is 187 g/mol. The van der Waals surface area contributed by atoms with E-state index in [9.17, 15) is 10.2 Å². The molecule has 3 nitrogen and oxygen atoms in total. The van der Waals surface area contributed by atoms with Gasteiger partial charge in [-0.25, -0.2) is 0 Å². The zero-order chi connectivity index (χ0) is 9.68. The van der Waals surface area contributed by atoms with Gasteiger partial charge < -0.3 is 10.2 Å². The van der Waals surface area contributed by atoms with Crippen molar-refractivity contribution in [3.05, 3.63) is 0 Å². The summed E-state index contributed by atoms with van der Waals surface area (Å²) in [5, 5.41) is 18.6. The van der Waals surface area contributed by atoms with Crippen LogP contribution < -0.4 is 0 Å². The molecule has 78 valence electrons. The molecule has 0 bridgehead atoms. The second-order valence-corrected chi connectivity index (χ2v) is 3.95. The van der Waals surface area contributed by atoms with E-state index in [0.717, 1.165) is 6.54 Å². The molecule has 2 unspecified atom stereocenters. The molecule has 1 aliphatic heterocycles. The number of unbranched alkanes of at least 4 members (excludes halogenated alkanes) is 3. The minimum Gasteiger partial charge on any atom is -0.389 e. The Morgan fingerprint density at radius 3 is 2.23 bits per heavy atom. The number of nitrogens with zero attached hydrogens (tertiary/aromatic N) is 1. The molecule has 0 aromatic heterocycles. The summed E-state index contributed by atoms with van der Waals surface area (Å²) in [6, 6.07) is 0. The van der Waals surface area contributed by atoms with Crippen molar-refractivity contribution in [2.75, 3.05) is 19.6 Å². The molecule has 2 N–H and O–H groups in total. The predicted octanol–water partition coefficient (Wildman–Crippen LogP) is 0.604. The molecule has 13 heavy (non-hydrogen) atoms. The first-order valence-electron chi connectivity index (χ1n) is 5.32. The Labute approximate surface area is 80.4 Å². The highest BCUT2D eigenvalue weighted by atomic mass is 16.3. The highest BCUT2D eigenvalue weighted by molar-refractivity contribution is 4.82. The molecule has 3 heteroatoms. The van der Waals surface area contributed by atoms with E-state index < -0.39 is 12.2 Å². The van der Waals surface area contributed by atoms with Crippen molar-refractivity contribution in [2.45, 2.75) is 44.8 Å². The van der Waals surface area contributed by atoms with E-state index in [2.05, 4.69) is 11.8 Å². The number of β-amino-alcohol motifs (C(OH)–C–C–N with tert-alkyl or cyclic N) is 2. The van der Waals surface area contributed by atoms with Crippen LogP contribution in [0, 0.1) is 0 Å².